The molecular weight excluding hydrogens is 408 g/mol. The van der Waals surface area contributed by atoms with Crippen LogP contribution in [-0.2, 0) is 32.2 Å². The first-order chi connectivity index (χ1) is 15.3. The van der Waals surface area contributed by atoms with Crippen molar-refractivity contribution in [1.29, 1.82) is 0 Å². The lowest BCUT2D eigenvalue weighted by Crippen LogP contribution is -2.47. The number of benzene rings is 3. The van der Waals surface area contributed by atoms with Gasteiger partial charge in [0.2, 0.25) is 0 Å². The molecule has 1 aliphatic heterocycles. The number of ether oxygens (including phenoxy) is 3. The Balaban J connectivity index is 1.40. The second-order valence-corrected chi connectivity index (χ2v) is 8.58. The van der Waals surface area contributed by atoms with Crippen LogP contribution in [0.5, 0.6) is 0 Å². The van der Waals surface area contributed by atoms with Crippen molar-refractivity contribution in [2.24, 2.45) is 0 Å². The Kier molecular flexibility index (Phi) is 7.91. The SMILES string of the molecule is O=C1C[C@H](OCc2ccccc2)[C@@H](COCc2ccccc2)OC1Sc1ccccc1. The first kappa shape index (κ1) is 21.8. The van der Waals surface area contributed by atoms with Gasteiger partial charge in [0.1, 0.15) is 6.10 Å². The number of carbonyl (C=O) groups is 1. The summed E-state index contributed by atoms with van der Waals surface area (Å²) < 4.78 is 18.3. The third-order valence-electron chi connectivity index (χ3n) is 5.07. The van der Waals surface area contributed by atoms with E-state index in [9.17, 15) is 4.79 Å². The van der Waals surface area contributed by atoms with Gasteiger partial charge in [-0.2, -0.15) is 0 Å². The van der Waals surface area contributed by atoms with Gasteiger partial charge in [-0.15, -0.1) is 0 Å². The van der Waals surface area contributed by atoms with Crippen LogP contribution in [0.1, 0.15) is 17.5 Å². The van der Waals surface area contributed by atoms with E-state index in [0.29, 0.717) is 26.2 Å². The molecule has 0 saturated carbocycles. The Morgan fingerprint density at radius 3 is 2.03 bits per heavy atom. The van der Waals surface area contributed by atoms with Crippen molar-refractivity contribution in [2.45, 2.75) is 42.2 Å². The largest absolute Gasteiger partial charge is 0.374 e. The summed E-state index contributed by atoms with van der Waals surface area (Å²) in [4.78, 5) is 13.8. The van der Waals surface area contributed by atoms with Crippen molar-refractivity contribution >= 4 is 17.5 Å². The maximum absolute atomic E-state index is 12.8. The van der Waals surface area contributed by atoms with Crippen LogP contribution < -0.4 is 0 Å². The minimum atomic E-state index is -0.552. The van der Waals surface area contributed by atoms with Crippen molar-refractivity contribution in [3.8, 4) is 0 Å². The van der Waals surface area contributed by atoms with Crippen molar-refractivity contribution in [3.63, 3.8) is 0 Å². The molecule has 160 valence electrons. The fraction of sp³-hybridized carbons (Fsp3) is 0.269. The molecule has 1 heterocycles. The first-order valence-corrected chi connectivity index (χ1v) is 11.3. The molecule has 0 aromatic heterocycles. The van der Waals surface area contributed by atoms with E-state index in [1.54, 1.807) is 0 Å². The van der Waals surface area contributed by atoms with Gasteiger partial charge < -0.3 is 14.2 Å². The predicted octanol–water partition coefficient (Wildman–Crippen LogP) is 5.27. The van der Waals surface area contributed by atoms with Crippen LogP contribution in [0.2, 0.25) is 0 Å². The standard InChI is InChI=1S/C26H26O4S/c27-23-16-24(29-18-21-12-6-2-7-13-21)25(19-28-17-20-10-4-1-5-11-20)30-26(23)31-22-14-8-3-9-15-22/h1-15,24-26H,16-19H2/t24-,25+,26?/m0/s1. The summed E-state index contributed by atoms with van der Waals surface area (Å²) in [6.45, 7) is 1.30. The van der Waals surface area contributed by atoms with Crippen LogP contribution in [0.25, 0.3) is 0 Å². The minimum absolute atomic E-state index is 0.0474. The van der Waals surface area contributed by atoms with Crippen LogP contribution >= 0.6 is 11.8 Å². The number of hydrogen-bond donors (Lipinski definition) is 0. The van der Waals surface area contributed by atoms with E-state index >= 15 is 0 Å². The molecule has 5 heteroatoms. The van der Waals surface area contributed by atoms with Gasteiger partial charge in [0.25, 0.3) is 0 Å². The summed E-state index contributed by atoms with van der Waals surface area (Å²) in [5, 5.41) is 0. The highest BCUT2D eigenvalue weighted by atomic mass is 32.2. The van der Waals surface area contributed by atoms with Crippen LogP contribution in [0.4, 0.5) is 0 Å². The van der Waals surface area contributed by atoms with Gasteiger partial charge in [-0.25, -0.2) is 0 Å². The monoisotopic (exact) mass is 434 g/mol. The lowest BCUT2D eigenvalue weighted by Gasteiger charge is -2.35. The maximum atomic E-state index is 12.8. The molecule has 3 aromatic rings. The van der Waals surface area contributed by atoms with Crippen molar-refractivity contribution in [2.75, 3.05) is 6.61 Å². The lowest BCUT2D eigenvalue weighted by atomic mass is 10.0. The molecule has 1 fully saturated rings. The molecule has 0 radical (unpaired) electrons. The fourth-order valence-electron chi connectivity index (χ4n) is 3.42. The number of Topliss-reactive ketones (excluding diaryl/α,β-unsaturated/α-hetero) is 1. The zero-order chi connectivity index (χ0) is 21.3. The summed E-state index contributed by atoms with van der Waals surface area (Å²) in [5.74, 6) is 0.0474. The molecule has 4 rings (SSSR count). The molecule has 1 saturated heterocycles. The van der Waals surface area contributed by atoms with Gasteiger partial charge in [-0.3, -0.25) is 4.79 Å². The molecule has 0 N–H and O–H groups in total. The fourth-order valence-corrected chi connectivity index (χ4v) is 4.41. The van der Waals surface area contributed by atoms with E-state index in [-0.39, 0.29) is 18.0 Å². The minimum Gasteiger partial charge on any atom is -0.374 e. The van der Waals surface area contributed by atoms with E-state index in [4.69, 9.17) is 14.2 Å². The van der Waals surface area contributed by atoms with Crippen molar-refractivity contribution < 1.29 is 19.0 Å². The Bertz CT molecular complexity index is 933. The number of rotatable bonds is 9. The molecule has 1 unspecified atom stereocenters. The van der Waals surface area contributed by atoms with Gasteiger partial charge >= 0.3 is 0 Å². The summed E-state index contributed by atoms with van der Waals surface area (Å²) >= 11 is 1.44. The third-order valence-corrected chi connectivity index (χ3v) is 6.20. The third kappa shape index (κ3) is 6.52. The first-order valence-electron chi connectivity index (χ1n) is 10.4. The topological polar surface area (TPSA) is 44.8 Å². The van der Waals surface area contributed by atoms with Gasteiger partial charge in [0.15, 0.2) is 11.2 Å². The molecule has 4 nitrogen and oxygen atoms in total. The average molecular weight is 435 g/mol. The Labute approximate surface area is 187 Å². The zero-order valence-corrected chi connectivity index (χ0v) is 18.1. The van der Waals surface area contributed by atoms with Gasteiger partial charge in [-0.05, 0) is 23.3 Å². The van der Waals surface area contributed by atoms with E-state index in [0.717, 1.165) is 16.0 Å². The molecule has 3 atom stereocenters. The van der Waals surface area contributed by atoms with Crippen LogP contribution in [0.3, 0.4) is 0 Å². The summed E-state index contributed by atoms with van der Waals surface area (Å²) in [6, 6.07) is 29.8. The van der Waals surface area contributed by atoms with Crippen LogP contribution in [-0.4, -0.2) is 30.0 Å². The zero-order valence-electron chi connectivity index (χ0n) is 17.3. The van der Waals surface area contributed by atoms with Gasteiger partial charge in [0, 0.05) is 11.3 Å². The van der Waals surface area contributed by atoms with Crippen molar-refractivity contribution in [3.05, 3.63) is 102 Å². The molecule has 0 spiro atoms. The van der Waals surface area contributed by atoms with E-state index in [2.05, 4.69) is 0 Å². The second kappa shape index (κ2) is 11.3. The highest BCUT2D eigenvalue weighted by Gasteiger charge is 2.38. The van der Waals surface area contributed by atoms with Crippen LogP contribution in [0, 0.1) is 0 Å². The van der Waals surface area contributed by atoms with E-state index in [1.165, 1.54) is 11.8 Å². The molecule has 0 amide bonds. The molecule has 0 aliphatic carbocycles. The number of ketones is 1. The van der Waals surface area contributed by atoms with Gasteiger partial charge in [-0.1, -0.05) is 90.6 Å². The highest BCUT2D eigenvalue weighted by molar-refractivity contribution is 8.00. The molecule has 31 heavy (non-hydrogen) atoms. The summed E-state index contributed by atoms with van der Waals surface area (Å²) in [5.41, 5.74) is 1.62. The van der Waals surface area contributed by atoms with E-state index < -0.39 is 5.44 Å². The van der Waals surface area contributed by atoms with Gasteiger partial charge in [0.05, 0.1) is 25.9 Å². The van der Waals surface area contributed by atoms with Crippen molar-refractivity contribution in [1.82, 2.24) is 0 Å². The van der Waals surface area contributed by atoms with Crippen LogP contribution in [0.15, 0.2) is 95.9 Å². The van der Waals surface area contributed by atoms with E-state index in [1.807, 2.05) is 91.0 Å². The Morgan fingerprint density at radius 1 is 0.806 bits per heavy atom. The maximum Gasteiger partial charge on any atom is 0.174 e. The number of carbonyl (C=O) groups excluding carboxylic acids is 1. The summed E-state index contributed by atoms with van der Waals surface area (Å²) in [6.07, 6.45) is -0.334. The predicted molar refractivity (Wildman–Crippen MR) is 122 cm³/mol. The normalized spacial score (nSPS) is 21.2. The second-order valence-electron chi connectivity index (χ2n) is 7.44. The average Bonchev–Trinajstić information content (AvgIpc) is 2.82. The molecule has 1 aliphatic rings. The molecular formula is C26H26O4S. The Hall–Kier alpha value is -2.44. The molecule has 3 aromatic carbocycles. The Morgan fingerprint density at radius 2 is 1.39 bits per heavy atom. The number of hydrogen-bond acceptors (Lipinski definition) is 5. The highest BCUT2D eigenvalue weighted by Crippen LogP contribution is 2.32. The smallest absolute Gasteiger partial charge is 0.174 e. The lowest BCUT2D eigenvalue weighted by molar-refractivity contribution is -0.164. The number of thioether (sulfide) groups is 1. The summed E-state index contributed by atoms with van der Waals surface area (Å²) in [7, 11) is 0. The quantitative estimate of drug-likeness (QED) is 0.459. The molecule has 0 bridgehead atoms.